The summed E-state index contributed by atoms with van der Waals surface area (Å²) < 4.78 is 57.9. The lowest BCUT2D eigenvalue weighted by Crippen LogP contribution is -2.51. The van der Waals surface area contributed by atoms with Gasteiger partial charge in [0.05, 0.1) is 19.1 Å². The third-order valence-corrected chi connectivity index (χ3v) is 6.21. The van der Waals surface area contributed by atoms with Crippen LogP contribution in [0.1, 0.15) is 25.8 Å². The number of amides is 2. The molecule has 11 heteroatoms. The third-order valence-electron chi connectivity index (χ3n) is 5.07. The predicted octanol–water partition coefficient (Wildman–Crippen LogP) is 2.68. The van der Waals surface area contributed by atoms with Crippen LogP contribution in [0.2, 0.25) is 0 Å². The molecule has 2 aromatic carbocycles. The molecule has 0 radical (unpaired) electrons. The first-order valence-electron chi connectivity index (χ1n) is 10.6. The molecule has 1 N–H and O–H groups in total. The molecule has 0 fully saturated rings. The van der Waals surface area contributed by atoms with Gasteiger partial charge >= 0.3 is 0 Å². The molecule has 2 rings (SSSR count). The molecule has 34 heavy (non-hydrogen) atoms. The highest BCUT2D eigenvalue weighted by molar-refractivity contribution is 7.92. The van der Waals surface area contributed by atoms with Gasteiger partial charge in [-0.15, -0.1) is 0 Å². The summed E-state index contributed by atoms with van der Waals surface area (Å²) >= 11 is 0. The Kier molecular flexibility index (Phi) is 9.36. The summed E-state index contributed by atoms with van der Waals surface area (Å²) in [4.78, 5) is 27.2. The smallest absolute Gasteiger partial charge is 0.244 e. The molecular formula is C23H29F2N3O5S. The number of sulfonamides is 1. The van der Waals surface area contributed by atoms with Crippen molar-refractivity contribution in [1.29, 1.82) is 0 Å². The summed E-state index contributed by atoms with van der Waals surface area (Å²) in [5.41, 5.74) is 0.445. The first-order valence-corrected chi connectivity index (χ1v) is 12.5. The molecule has 0 unspecified atom stereocenters. The van der Waals surface area contributed by atoms with Crippen LogP contribution in [0.3, 0.4) is 0 Å². The summed E-state index contributed by atoms with van der Waals surface area (Å²) in [6.07, 6.45) is 1.55. The Balaban J connectivity index is 2.40. The van der Waals surface area contributed by atoms with Crippen molar-refractivity contribution in [3.63, 3.8) is 0 Å². The van der Waals surface area contributed by atoms with Gasteiger partial charge in [0.2, 0.25) is 21.8 Å². The number of carbonyl (C=O) groups is 2. The Bertz CT molecular complexity index is 1130. The van der Waals surface area contributed by atoms with Crippen LogP contribution < -0.4 is 14.4 Å². The SMILES string of the molecule is CCCNC(=O)[C@H](C)N(Cc1cccc(OC)c1)C(=O)CN(c1ccc(F)c(F)c1)S(C)(=O)=O. The van der Waals surface area contributed by atoms with Crippen LogP contribution in [0.5, 0.6) is 5.75 Å². The number of rotatable bonds is 11. The molecule has 0 aliphatic carbocycles. The van der Waals surface area contributed by atoms with Crippen molar-refractivity contribution in [3.8, 4) is 5.75 Å². The molecule has 2 aromatic rings. The molecule has 8 nitrogen and oxygen atoms in total. The third kappa shape index (κ3) is 7.14. The molecule has 186 valence electrons. The Morgan fingerprint density at radius 2 is 1.82 bits per heavy atom. The number of anilines is 1. The van der Waals surface area contributed by atoms with Crippen molar-refractivity contribution in [2.24, 2.45) is 0 Å². The quantitative estimate of drug-likeness (QED) is 0.515. The van der Waals surface area contributed by atoms with Crippen LogP contribution in [0, 0.1) is 11.6 Å². The summed E-state index contributed by atoms with van der Waals surface area (Å²) in [6, 6.07) is 8.50. The lowest BCUT2D eigenvalue weighted by atomic mass is 10.1. The number of hydrogen-bond acceptors (Lipinski definition) is 5. The van der Waals surface area contributed by atoms with E-state index in [2.05, 4.69) is 5.32 Å². The number of benzene rings is 2. The maximum atomic E-state index is 13.8. The highest BCUT2D eigenvalue weighted by Crippen LogP contribution is 2.22. The van der Waals surface area contributed by atoms with Gasteiger partial charge in [0.15, 0.2) is 11.6 Å². The molecule has 2 amide bonds. The van der Waals surface area contributed by atoms with E-state index in [1.54, 1.807) is 24.3 Å². The zero-order valence-corrected chi connectivity index (χ0v) is 20.4. The number of halogens is 2. The van der Waals surface area contributed by atoms with Gasteiger partial charge in [-0.3, -0.25) is 13.9 Å². The van der Waals surface area contributed by atoms with Crippen LogP contribution in [-0.4, -0.2) is 57.6 Å². The van der Waals surface area contributed by atoms with E-state index in [4.69, 9.17) is 4.74 Å². The van der Waals surface area contributed by atoms with Gasteiger partial charge in [-0.1, -0.05) is 19.1 Å². The van der Waals surface area contributed by atoms with E-state index in [1.807, 2.05) is 6.92 Å². The second-order valence-electron chi connectivity index (χ2n) is 7.71. The number of carbonyl (C=O) groups excluding carboxylic acids is 2. The van der Waals surface area contributed by atoms with Crippen molar-refractivity contribution < 1.29 is 31.5 Å². The van der Waals surface area contributed by atoms with Crippen molar-refractivity contribution in [2.45, 2.75) is 32.9 Å². The Morgan fingerprint density at radius 3 is 2.41 bits per heavy atom. The van der Waals surface area contributed by atoms with E-state index in [0.717, 1.165) is 18.4 Å². The topological polar surface area (TPSA) is 96.0 Å². The molecule has 0 heterocycles. The van der Waals surface area contributed by atoms with Crippen LogP contribution in [0.15, 0.2) is 42.5 Å². The predicted molar refractivity (Wildman–Crippen MR) is 125 cm³/mol. The van der Waals surface area contributed by atoms with Gasteiger partial charge in [-0.25, -0.2) is 17.2 Å². The van der Waals surface area contributed by atoms with Gasteiger partial charge in [0.1, 0.15) is 18.3 Å². The minimum Gasteiger partial charge on any atom is -0.497 e. The van der Waals surface area contributed by atoms with Crippen molar-refractivity contribution in [2.75, 3.05) is 30.8 Å². The molecular weight excluding hydrogens is 468 g/mol. The van der Waals surface area contributed by atoms with E-state index >= 15 is 0 Å². The number of methoxy groups -OCH3 is 1. The van der Waals surface area contributed by atoms with Gasteiger partial charge in [-0.05, 0) is 43.2 Å². The fraction of sp³-hybridized carbons (Fsp3) is 0.391. The average Bonchev–Trinajstić information content (AvgIpc) is 2.80. The molecule has 0 saturated carbocycles. The summed E-state index contributed by atoms with van der Waals surface area (Å²) in [6.45, 7) is 3.11. The zero-order valence-electron chi connectivity index (χ0n) is 19.5. The molecule has 0 bridgehead atoms. The number of nitrogens with one attached hydrogen (secondary N) is 1. The van der Waals surface area contributed by atoms with E-state index in [1.165, 1.54) is 18.9 Å². The summed E-state index contributed by atoms with van der Waals surface area (Å²) in [5.74, 6) is -2.95. The van der Waals surface area contributed by atoms with Gasteiger partial charge in [0, 0.05) is 19.2 Å². The van der Waals surface area contributed by atoms with Crippen LogP contribution in [-0.2, 0) is 26.2 Å². The van der Waals surface area contributed by atoms with Gasteiger partial charge < -0.3 is 15.0 Å². The lowest BCUT2D eigenvalue weighted by molar-refractivity contribution is -0.139. The molecule has 0 aromatic heterocycles. The van der Waals surface area contributed by atoms with Crippen LogP contribution >= 0.6 is 0 Å². The molecule has 1 atom stereocenters. The Morgan fingerprint density at radius 1 is 1.12 bits per heavy atom. The van der Waals surface area contributed by atoms with Crippen molar-refractivity contribution >= 4 is 27.5 Å². The van der Waals surface area contributed by atoms with Crippen LogP contribution in [0.4, 0.5) is 14.5 Å². The molecule has 0 aliphatic rings. The fourth-order valence-electron chi connectivity index (χ4n) is 3.20. The minimum atomic E-state index is -4.04. The largest absolute Gasteiger partial charge is 0.497 e. The van der Waals surface area contributed by atoms with E-state index < -0.39 is 46.1 Å². The Labute approximate surface area is 198 Å². The van der Waals surface area contributed by atoms with Crippen molar-refractivity contribution in [1.82, 2.24) is 10.2 Å². The highest BCUT2D eigenvalue weighted by Gasteiger charge is 2.30. The van der Waals surface area contributed by atoms with E-state index in [-0.39, 0.29) is 12.2 Å². The van der Waals surface area contributed by atoms with E-state index in [9.17, 15) is 26.8 Å². The first kappa shape index (κ1) is 27.0. The first-order chi connectivity index (χ1) is 16.0. The van der Waals surface area contributed by atoms with E-state index in [0.29, 0.717) is 34.7 Å². The maximum absolute atomic E-state index is 13.8. The zero-order chi connectivity index (χ0) is 25.5. The summed E-state index contributed by atoms with van der Waals surface area (Å²) in [5, 5.41) is 2.72. The minimum absolute atomic E-state index is 0.00781. The number of ether oxygens (including phenoxy) is 1. The van der Waals surface area contributed by atoms with Crippen LogP contribution in [0.25, 0.3) is 0 Å². The second-order valence-corrected chi connectivity index (χ2v) is 9.62. The molecule has 0 saturated heterocycles. The molecule has 0 spiro atoms. The lowest BCUT2D eigenvalue weighted by Gasteiger charge is -2.31. The number of hydrogen-bond donors (Lipinski definition) is 1. The monoisotopic (exact) mass is 497 g/mol. The Hall–Kier alpha value is -3.21. The van der Waals surface area contributed by atoms with Gasteiger partial charge in [0.25, 0.3) is 0 Å². The highest BCUT2D eigenvalue weighted by atomic mass is 32.2. The standard InChI is InChI=1S/C23H29F2N3O5S/c1-5-11-26-23(30)16(2)27(14-17-7-6-8-19(12-17)33-3)22(29)15-28(34(4,31)32)18-9-10-20(24)21(25)13-18/h6-10,12-13,16H,5,11,14-15H2,1-4H3,(H,26,30)/t16-/m0/s1. The molecule has 0 aliphatic heterocycles. The second kappa shape index (κ2) is 11.8. The summed E-state index contributed by atoms with van der Waals surface area (Å²) in [7, 11) is -2.55. The number of nitrogens with zero attached hydrogens (tertiary/aromatic N) is 2. The fourth-order valence-corrected chi connectivity index (χ4v) is 4.04. The maximum Gasteiger partial charge on any atom is 0.244 e. The average molecular weight is 498 g/mol. The van der Waals surface area contributed by atoms with Gasteiger partial charge in [-0.2, -0.15) is 0 Å². The van der Waals surface area contributed by atoms with Crippen molar-refractivity contribution in [3.05, 3.63) is 59.7 Å². The normalized spacial score (nSPS) is 12.1.